The fraction of sp³-hybridized carbons (Fsp3) is 0.214. The van der Waals surface area contributed by atoms with Crippen molar-refractivity contribution in [1.82, 2.24) is 4.90 Å². The van der Waals surface area contributed by atoms with Crippen LogP contribution < -0.4 is 14.2 Å². The topological polar surface area (TPSA) is 85.3 Å². The van der Waals surface area contributed by atoms with Crippen molar-refractivity contribution in [3.05, 3.63) is 95.1 Å². The molecule has 0 aromatic heterocycles. The first kappa shape index (κ1) is 22.5. The number of ketones is 1. The van der Waals surface area contributed by atoms with Crippen LogP contribution in [0.1, 0.15) is 22.7 Å². The largest absolute Gasteiger partial charge is 0.507 e. The van der Waals surface area contributed by atoms with Crippen molar-refractivity contribution in [1.29, 1.82) is 0 Å². The van der Waals surface area contributed by atoms with Crippen LogP contribution in [0, 0.1) is 0 Å². The zero-order valence-corrected chi connectivity index (χ0v) is 19.3. The minimum atomic E-state index is -0.762. The van der Waals surface area contributed by atoms with Crippen LogP contribution in [-0.2, 0) is 16.0 Å². The number of aliphatic hydroxyl groups excluding tert-OH is 1. The molecule has 0 unspecified atom stereocenters. The lowest BCUT2D eigenvalue weighted by molar-refractivity contribution is -0.139. The van der Waals surface area contributed by atoms with Gasteiger partial charge in [-0.05, 0) is 47.9 Å². The van der Waals surface area contributed by atoms with Crippen molar-refractivity contribution < 1.29 is 28.9 Å². The number of likely N-dealkylation sites (tertiary alicyclic amines) is 1. The number of nitrogens with zero attached hydrogens (tertiary/aromatic N) is 1. The third-order valence-corrected chi connectivity index (χ3v) is 6.25. The molecule has 3 aromatic rings. The summed E-state index contributed by atoms with van der Waals surface area (Å²) >= 11 is 0. The molecule has 1 atom stereocenters. The number of benzene rings is 3. The number of hydrogen-bond acceptors (Lipinski definition) is 6. The lowest BCUT2D eigenvalue weighted by Crippen LogP contribution is -2.31. The van der Waals surface area contributed by atoms with E-state index in [0.717, 1.165) is 5.56 Å². The number of Topliss-reactive ketones (excluding diaryl/α,β-unsaturated/α-hetero) is 1. The Morgan fingerprint density at radius 2 is 1.74 bits per heavy atom. The Kier molecular flexibility index (Phi) is 6.14. The Morgan fingerprint density at radius 1 is 0.971 bits per heavy atom. The molecule has 0 bridgehead atoms. The summed E-state index contributed by atoms with van der Waals surface area (Å²) in [7, 11) is 1.56. The highest BCUT2D eigenvalue weighted by atomic mass is 16.6. The average Bonchev–Trinajstić information content (AvgIpc) is 3.16. The lowest BCUT2D eigenvalue weighted by atomic mass is 9.95. The van der Waals surface area contributed by atoms with Gasteiger partial charge in [0.2, 0.25) is 0 Å². The molecule has 0 aliphatic carbocycles. The van der Waals surface area contributed by atoms with Crippen LogP contribution in [0.2, 0.25) is 0 Å². The summed E-state index contributed by atoms with van der Waals surface area (Å²) in [4.78, 5) is 28.0. The molecule has 1 amide bonds. The predicted molar refractivity (Wildman–Crippen MR) is 130 cm³/mol. The van der Waals surface area contributed by atoms with E-state index in [1.165, 1.54) is 4.90 Å². The monoisotopic (exact) mass is 471 g/mol. The van der Waals surface area contributed by atoms with E-state index in [2.05, 4.69) is 0 Å². The van der Waals surface area contributed by atoms with Crippen molar-refractivity contribution in [2.75, 3.05) is 26.9 Å². The van der Waals surface area contributed by atoms with E-state index in [0.29, 0.717) is 54.6 Å². The van der Waals surface area contributed by atoms with E-state index in [1.807, 2.05) is 36.4 Å². The molecule has 178 valence electrons. The number of methoxy groups -OCH3 is 1. The van der Waals surface area contributed by atoms with Crippen molar-refractivity contribution in [2.45, 2.75) is 12.5 Å². The summed E-state index contributed by atoms with van der Waals surface area (Å²) < 4.78 is 16.6. The van der Waals surface area contributed by atoms with Crippen LogP contribution in [-0.4, -0.2) is 48.6 Å². The summed E-state index contributed by atoms with van der Waals surface area (Å²) in [5, 5.41) is 11.3. The van der Waals surface area contributed by atoms with Gasteiger partial charge in [0.25, 0.3) is 11.7 Å². The number of aliphatic hydroxyl groups is 1. The summed E-state index contributed by atoms with van der Waals surface area (Å²) in [6.07, 6.45) is 0.568. The van der Waals surface area contributed by atoms with Gasteiger partial charge in [-0.2, -0.15) is 0 Å². The second kappa shape index (κ2) is 9.54. The van der Waals surface area contributed by atoms with Gasteiger partial charge < -0.3 is 24.2 Å². The molecule has 1 N–H and O–H groups in total. The van der Waals surface area contributed by atoms with Gasteiger partial charge in [0.05, 0.1) is 18.7 Å². The molecule has 5 rings (SSSR count). The normalized spacial score (nSPS) is 18.5. The zero-order valence-electron chi connectivity index (χ0n) is 19.3. The highest BCUT2D eigenvalue weighted by Crippen LogP contribution is 2.41. The minimum absolute atomic E-state index is 0.0352. The van der Waals surface area contributed by atoms with E-state index in [9.17, 15) is 14.7 Å². The first-order valence-corrected chi connectivity index (χ1v) is 11.4. The van der Waals surface area contributed by atoms with Crippen molar-refractivity contribution in [3.63, 3.8) is 0 Å². The van der Waals surface area contributed by atoms with E-state index >= 15 is 0 Å². The average molecular weight is 472 g/mol. The first-order chi connectivity index (χ1) is 17.1. The summed E-state index contributed by atoms with van der Waals surface area (Å²) in [6.45, 7) is 1.15. The molecule has 0 radical (unpaired) electrons. The van der Waals surface area contributed by atoms with Crippen LogP contribution in [0.25, 0.3) is 5.76 Å². The van der Waals surface area contributed by atoms with Gasteiger partial charge >= 0.3 is 0 Å². The summed E-state index contributed by atoms with van der Waals surface area (Å²) in [5.41, 5.74) is 2.14. The molecule has 2 heterocycles. The van der Waals surface area contributed by atoms with Gasteiger partial charge in [0.1, 0.15) is 24.7 Å². The Balaban J connectivity index is 1.58. The maximum atomic E-state index is 13.3. The molecule has 1 saturated heterocycles. The lowest BCUT2D eigenvalue weighted by Gasteiger charge is -2.26. The van der Waals surface area contributed by atoms with Gasteiger partial charge in [0, 0.05) is 12.1 Å². The fourth-order valence-electron chi connectivity index (χ4n) is 4.51. The summed E-state index contributed by atoms with van der Waals surface area (Å²) in [6, 6.07) is 21.2. The van der Waals surface area contributed by atoms with Crippen molar-refractivity contribution in [3.8, 4) is 17.2 Å². The third-order valence-electron chi connectivity index (χ3n) is 6.25. The molecule has 3 aromatic carbocycles. The predicted octanol–water partition coefficient (Wildman–Crippen LogP) is 4.13. The highest BCUT2D eigenvalue weighted by molar-refractivity contribution is 6.46. The van der Waals surface area contributed by atoms with Gasteiger partial charge in [-0.1, -0.05) is 42.5 Å². The third kappa shape index (κ3) is 4.33. The molecule has 7 heteroatoms. The molecular weight excluding hydrogens is 446 g/mol. The second-order valence-corrected chi connectivity index (χ2v) is 8.36. The van der Waals surface area contributed by atoms with Crippen molar-refractivity contribution in [2.24, 2.45) is 0 Å². The zero-order chi connectivity index (χ0) is 24.4. The van der Waals surface area contributed by atoms with Crippen LogP contribution in [0.4, 0.5) is 0 Å². The SMILES string of the molecule is COc1cccc([C@@H]2/C(=C(\O)c3ccc4c(c3)OCCO4)C(=O)C(=O)N2CCc2ccccc2)c1. The standard InChI is InChI=1S/C28H25NO6/c1-33-21-9-5-8-19(16-21)25-24(26(30)20-10-11-22-23(17-20)35-15-14-34-22)27(31)28(32)29(25)13-12-18-6-3-2-4-7-18/h2-11,16-17,25,30H,12-15H2,1H3/b26-24+/t25-/m1/s1. The van der Waals surface area contributed by atoms with Gasteiger partial charge in [0.15, 0.2) is 11.5 Å². The first-order valence-electron chi connectivity index (χ1n) is 11.4. The highest BCUT2D eigenvalue weighted by Gasteiger charge is 2.46. The summed E-state index contributed by atoms with van der Waals surface area (Å²) in [5.74, 6) is 0.0222. The maximum absolute atomic E-state index is 13.3. The number of amides is 1. The number of carbonyl (C=O) groups is 2. The molecule has 0 saturated carbocycles. The van der Waals surface area contributed by atoms with Crippen LogP contribution in [0.3, 0.4) is 0 Å². The Hall–Kier alpha value is -4.26. The van der Waals surface area contributed by atoms with Crippen LogP contribution in [0.5, 0.6) is 17.2 Å². The number of rotatable bonds is 6. The number of carbonyl (C=O) groups excluding carboxylic acids is 2. The molecule has 35 heavy (non-hydrogen) atoms. The Bertz CT molecular complexity index is 1300. The number of ether oxygens (including phenoxy) is 3. The van der Waals surface area contributed by atoms with Gasteiger partial charge in [-0.3, -0.25) is 9.59 Å². The van der Waals surface area contributed by atoms with Gasteiger partial charge in [-0.25, -0.2) is 0 Å². The molecule has 0 spiro atoms. The quantitative estimate of drug-likeness (QED) is 0.331. The maximum Gasteiger partial charge on any atom is 0.295 e. The van der Waals surface area contributed by atoms with Crippen molar-refractivity contribution >= 4 is 17.4 Å². The van der Waals surface area contributed by atoms with Gasteiger partial charge in [-0.15, -0.1) is 0 Å². The van der Waals surface area contributed by atoms with E-state index in [4.69, 9.17) is 14.2 Å². The molecule has 1 fully saturated rings. The Labute approximate surface area is 203 Å². The smallest absolute Gasteiger partial charge is 0.295 e. The molecular formula is C28H25NO6. The fourth-order valence-corrected chi connectivity index (χ4v) is 4.51. The second-order valence-electron chi connectivity index (χ2n) is 8.36. The molecule has 7 nitrogen and oxygen atoms in total. The van der Waals surface area contributed by atoms with E-state index in [1.54, 1.807) is 43.5 Å². The van der Waals surface area contributed by atoms with E-state index < -0.39 is 17.7 Å². The molecule has 2 aliphatic rings. The van der Waals surface area contributed by atoms with Crippen LogP contribution in [0.15, 0.2) is 78.4 Å². The Morgan fingerprint density at radius 3 is 2.51 bits per heavy atom. The minimum Gasteiger partial charge on any atom is -0.507 e. The number of hydrogen-bond donors (Lipinski definition) is 1. The van der Waals surface area contributed by atoms with E-state index in [-0.39, 0.29) is 11.3 Å². The number of fused-ring (bicyclic) bond motifs is 1. The molecule has 2 aliphatic heterocycles. The van der Waals surface area contributed by atoms with Crippen LogP contribution >= 0.6 is 0 Å².